The standard InChI is InChI=1S/C15H20N2S.C9H10.C8H8F2/c1-6-14(13(4)18-10-11(2)16-5)15-8-7-9-17-12(15)3;1-3-9-7-5-4-6-8(9)2;1-2-6-3-4-7(9)8(10)5-6/h6-10,16H,4H2,1-3,5H3;3-5,7H,1-2,6H2;3-5H,2H2,1H3/b11-10+,14-6-;;. The second-order valence-corrected chi connectivity index (χ2v) is 9.06. The highest BCUT2D eigenvalue weighted by Gasteiger charge is 2.08. The molecule has 196 valence electrons. The molecule has 1 aromatic carbocycles. The third kappa shape index (κ3) is 11.0. The van der Waals surface area contributed by atoms with Crippen molar-refractivity contribution in [2.45, 2.75) is 40.5 Å². The Morgan fingerprint density at radius 2 is 1.95 bits per heavy atom. The summed E-state index contributed by atoms with van der Waals surface area (Å²) in [5.74, 6) is -1.54. The first kappa shape index (κ1) is 31.6. The Morgan fingerprint density at radius 3 is 2.46 bits per heavy atom. The number of allylic oxidation sites excluding steroid dienone is 9. The maximum atomic E-state index is 12.4. The fourth-order valence-corrected chi connectivity index (χ4v) is 3.90. The predicted molar refractivity (Wildman–Crippen MR) is 159 cm³/mol. The third-order valence-corrected chi connectivity index (χ3v) is 6.43. The van der Waals surface area contributed by atoms with Gasteiger partial charge in [-0.2, -0.15) is 0 Å². The lowest BCUT2D eigenvalue weighted by atomic mass is 10.0. The summed E-state index contributed by atoms with van der Waals surface area (Å²) in [6.45, 7) is 19.7. The van der Waals surface area contributed by atoms with Crippen molar-refractivity contribution >= 4 is 17.3 Å². The maximum absolute atomic E-state index is 12.4. The smallest absolute Gasteiger partial charge is 0.159 e. The molecule has 0 amide bonds. The lowest BCUT2D eigenvalue weighted by molar-refractivity contribution is 0.507. The number of rotatable bonds is 7. The summed E-state index contributed by atoms with van der Waals surface area (Å²) in [4.78, 5) is 5.35. The van der Waals surface area contributed by atoms with E-state index in [1.54, 1.807) is 17.8 Å². The van der Waals surface area contributed by atoms with Crippen LogP contribution in [0.5, 0.6) is 0 Å². The highest BCUT2D eigenvalue weighted by atomic mass is 32.2. The molecule has 37 heavy (non-hydrogen) atoms. The molecule has 2 aromatic rings. The van der Waals surface area contributed by atoms with Gasteiger partial charge >= 0.3 is 0 Å². The van der Waals surface area contributed by atoms with Crippen LogP contribution in [0.15, 0.2) is 114 Å². The monoisotopic (exact) mass is 520 g/mol. The van der Waals surface area contributed by atoms with Crippen LogP contribution >= 0.6 is 11.8 Å². The molecule has 0 unspecified atom stereocenters. The normalized spacial score (nSPS) is 12.9. The van der Waals surface area contributed by atoms with Gasteiger partial charge in [-0.15, -0.1) is 0 Å². The largest absolute Gasteiger partial charge is 0.391 e. The molecule has 1 N–H and O–H groups in total. The Morgan fingerprint density at radius 1 is 1.22 bits per heavy atom. The van der Waals surface area contributed by atoms with E-state index < -0.39 is 11.6 Å². The van der Waals surface area contributed by atoms with Crippen molar-refractivity contribution in [2.75, 3.05) is 7.05 Å². The molecule has 0 spiro atoms. The first-order valence-electron chi connectivity index (χ1n) is 12.1. The second-order valence-electron chi connectivity index (χ2n) is 8.09. The number of nitrogens with one attached hydrogen (secondary N) is 1. The predicted octanol–water partition coefficient (Wildman–Crippen LogP) is 9.26. The van der Waals surface area contributed by atoms with E-state index in [4.69, 9.17) is 0 Å². The zero-order valence-corrected chi connectivity index (χ0v) is 23.4. The van der Waals surface area contributed by atoms with Crippen molar-refractivity contribution in [1.29, 1.82) is 0 Å². The molecule has 0 aliphatic heterocycles. The molecular formula is C32H38F2N2S. The van der Waals surface area contributed by atoms with Crippen molar-refractivity contribution in [3.05, 3.63) is 142 Å². The molecule has 1 aliphatic carbocycles. The van der Waals surface area contributed by atoms with Crippen LogP contribution in [-0.2, 0) is 6.42 Å². The van der Waals surface area contributed by atoms with Gasteiger partial charge in [0.15, 0.2) is 11.6 Å². The van der Waals surface area contributed by atoms with Crippen LogP contribution in [0, 0.1) is 18.6 Å². The number of halogens is 2. The number of aromatic nitrogens is 1. The molecule has 0 saturated heterocycles. The Balaban J connectivity index is 0.000000303. The molecule has 0 radical (unpaired) electrons. The minimum absolute atomic E-state index is 0.733. The fraction of sp³-hybridized carbons (Fsp3) is 0.219. The van der Waals surface area contributed by atoms with Crippen LogP contribution in [-0.4, -0.2) is 12.0 Å². The molecule has 0 fully saturated rings. The van der Waals surface area contributed by atoms with Gasteiger partial charge in [0.25, 0.3) is 0 Å². The highest BCUT2D eigenvalue weighted by molar-refractivity contribution is 8.06. The highest BCUT2D eigenvalue weighted by Crippen LogP contribution is 2.32. The minimum Gasteiger partial charge on any atom is -0.391 e. The van der Waals surface area contributed by atoms with Crippen molar-refractivity contribution in [2.24, 2.45) is 0 Å². The summed E-state index contributed by atoms with van der Waals surface area (Å²) in [7, 11) is 1.91. The van der Waals surface area contributed by atoms with Crippen LogP contribution in [0.25, 0.3) is 5.57 Å². The maximum Gasteiger partial charge on any atom is 0.159 e. The van der Waals surface area contributed by atoms with Gasteiger partial charge in [-0.25, -0.2) is 8.78 Å². The summed E-state index contributed by atoms with van der Waals surface area (Å²) in [5, 5.41) is 5.16. The van der Waals surface area contributed by atoms with E-state index in [1.165, 1.54) is 6.07 Å². The van der Waals surface area contributed by atoms with Gasteiger partial charge in [-0.05, 0) is 79.5 Å². The Bertz CT molecular complexity index is 1200. The van der Waals surface area contributed by atoms with Crippen LogP contribution in [0.1, 0.15) is 44.0 Å². The van der Waals surface area contributed by atoms with Crippen molar-refractivity contribution in [3.63, 3.8) is 0 Å². The van der Waals surface area contributed by atoms with Gasteiger partial charge in [0.05, 0.1) is 0 Å². The molecule has 1 aliphatic rings. The molecule has 0 saturated carbocycles. The summed E-state index contributed by atoms with van der Waals surface area (Å²) in [6.07, 6.45) is 13.6. The van der Waals surface area contributed by atoms with Gasteiger partial charge in [0.2, 0.25) is 0 Å². The van der Waals surface area contributed by atoms with Crippen LogP contribution < -0.4 is 5.32 Å². The number of thioether (sulfide) groups is 1. The van der Waals surface area contributed by atoms with Gasteiger partial charge in [-0.3, -0.25) is 4.98 Å². The molecule has 0 bridgehead atoms. The first-order chi connectivity index (χ1) is 17.7. The topological polar surface area (TPSA) is 24.9 Å². The van der Waals surface area contributed by atoms with E-state index in [9.17, 15) is 8.78 Å². The van der Waals surface area contributed by atoms with E-state index in [0.717, 1.165) is 63.1 Å². The van der Waals surface area contributed by atoms with Crippen LogP contribution in [0.4, 0.5) is 8.78 Å². The number of benzene rings is 1. The van der Waals surface area contributed by atoms with E-state index in [2.05, 4.69) is 53.7 Å². The summed E-state index contributed by atoms with van der Waals surface area (Å²) in [6, 6.07) is 7.98. The number of nitrogens with zero attached hydrogens (tertiary/aromatic N) is 1. The van der Waals surface area contributed by atoms with Gasteiger partial charge in [-0.1, -0.05) is 80.9 Å². The van der Waals surface area contributed by atoms with E-state index >= 15 is 0 Å². The molecular weight excluding hydrogens is 482 g/mol. The lowest BCUT2D eigenvalue weighted by Gasteiger charge is -2.11. The van der Waals surface area contributed by atoms with Crippen molar-refractivity contribution in [1.82, 2.24) is 10.3 Å². The number of pyridine rings is 1. The van der Waals surface area contributed by atoms with Crippen molar-refractivity contribution in [3.8, 4) is 0 Å². The lowest BCUT2D eigenvalue weighted by Crippen LogP contribution is -2.00. The quantitative estimate of drug-likeness (QED) is 0.368. The molecule has 3 rings (SSSR count). The third-order valence-electron chi connectivity index (χ3n) is 5.46. The second kappa shape index (κ2) is 17.1. The Kier molecular flexibility index (Phi) is 14.6. The zero-order chi connectivity index (χ0) is 27.8. The van der Waals surface area contributed by atoms with Gasteiger partial charge < -0.3 is 5.32 Å². The fourth-order valence-electron chi connectivity index (χ4n) is 3.11. The number of hydrogen-bond acceptors (Lipinski definition) is 3. The van der Waals surface area contributed by atoms with E-state index in [1.807, 2.05) is 65.2 Å². The Labute approximate surface area is 226 Å². The Hall–Kier alpha value is -3.44. The summed E-state index contributed by atoms with van der Waals surface area (Å²) >= 11 is 1.63. The average molecular weight is 521 g/mol. The molecule has 0 atom stereocenters. The van der Waals surface area contributed by atoms with Gasteiger partial charge in [0.1, 0.15) is 0 Å². The van der Waals surface area contributed by atoms with Gasteiger partial charge in [0, 0.05) is 35.1 Å². The van der Waals surface area contributed by atoms with Crippen LogP contribution in [0.3, 0.4) is 0 Å². The molecule has 1 heterocycles. The zero-order valence-electron chi connectivity index (χ0n) is 22.6. The van der Waals surface area contributed by atoms with Crippen LogP contribution in [0.2, 0.25) is 0 Å². The molecule has 1 aromatic heterocycles. The first-order valence-corrected chi connectivity index (χ1v) is 13.0. The summed E-state index contributed by atoms with van der Waals surface area (Å²) < 4.78 is 24.7. The average Bonchev–Trinajstić information content (AvgIpc) is 2.91. The number of hydrogen-bond donors (Lipinski definition) is 1. The number of aryl methyl sites for hydroxylation is 2. The van der Waals surface area contributed by atoms with E-state index in [0.29, 0.717) is 0 Å². The molecule has 2 nitrogen and oxygen atoms in total. The van der Waals surface area contributed by atoms with E-state index in [-0.39, 0.29) is 0 Å². The SMILES string of the molecule is C=C(S/C=C(\C)NC)/C(=C/C)c1cccnc1C.C=CC1=CC=CCC1=C.CCc1ccc(F)c(F)c1. The minimum atomic E-state index is -0.780. The van der Waals surface area contributed by atoms with Crippen molar-refractivity contribution < 1.29 is 8.78 Å². The molecule has 5 heteroatoms. The summed E-state index contributed by atoms with van der Waals surface area (Å²) in [5.41, 5.74) is 7.59.